The number of hydrogen-bond acceptors (Lipinski definition) is 10. The number of pyridine rings is 1. The van der Waals surface area contributed by atoms with E-state index in [0.29, 0.717) is 43.1 Å². The van der Waals surface area contributed by atoms with Crippen molar-refractivity contribution in [1.29, 1.82) is 0 Å². The first-order chi connectivity index (χ1) is 21.2. The van der Waals surface area contributed by atoms with E-state index in [0.717, 1.165) is 31.2 Å². The van der Waals surface area contributed by atoms with Gasteiger partial charge in [-0.3, -0.25) is 19.5 Å². The number of unbranched alkanes of at least 4 members (excludes halogenated alkanes) is 2. The van der Waals surface area contributed by atoms with Gasteiger partial charge in [0.2, 0.25) is 11.6 Å². The number of ether oxygens (including phenoxy) is 2. The second kappa shape index (κ2) is 12.3. The summed E-state index contributed by atoms with van der Waals surface area (Å²) in [5.74, 6) is -1.16. The molecule has 1 fully saturated rings. The van der Waals surface area contributed by atoms with Crippen LogP contribution in [0, 0.1) is 11.8 Å². The van der Waals surface area contributed by atoms with Crippen molar-refractivity contribution in [2.24, 2.45) is 11.8 Å². The van der Waals surface area contributed by atoms with Crippen LogP contribution in [-0.4, -0.2) is 72.9 Å². The number of carbonyl (C=O) groups excluding carboxylic acids is 2. The normalized spacial score (nSPS) is 24.7. The van der Waals surface area contributed by atoms with Crippen LogP contribution < -0.4 is 9.47 Å². The van der Waals surface area contributed by atoms with Gasteiger partial charge in [-0.1, -0.05) is 47.5 Å². The Balaban J connectivity index is 1.74. The molecule has 0 bridgehead atoms. The zero-order valence-electron chi connectivity index (χ0n) is 28.3. The highest BCUT2D eigenvalue weighted by molar-refractivity contribution is 6.74. The molecule has 1 N–H and O–H groups in total. The maximum absolute atomic E-state index is 15.3. The minimum Gasteiger partial charge on any atom is -0.507 e. The number of Topliss-reactive ketones (excluding diaryl/α,β-unsaturated/α-hetero) is 2. The van der Waals surface area contributed by atoms with Crippen molar-refractivity contribution in [2.75, 3.05) is 27.3 Å². The molecule has 2 aromatic rings. The molecule has 3 aliphatic carbocycles. The molecule has 0 aromatic carbocycles. The summed E-state index contributed by atoms with van der Waals surface area (Å²) in [7, 11) is 1.04. The predicted octanol–water partition coefficient (Wildman–Crippen LogP) is 6.72. The van der Waals surface area contributed by atoms with Gasteiger partial charge in [-0.2, -0.15) is 0 Å². The Labute approximate surface area is 267 Å². The van der Waals surface area contributed by atoms with Crippen LogP contribution in [0.2, 0.25) is 18.1 Å². The topological polar surface area (TPSA) is 124 Å². The Hall–Kier alpha value is -3.02. The van der Waals surface area contributed by atoms with E-state index in [1.807, 2.05) is 32.1 Å². The third kappa shape index (κ3) is 5.44. The monoisotopic (exact) mass is 639 g/mol. The van der Waals surface area contributed by atoms with E-state index in [2.05, 4.69) is 44.8 Å². The van der Waals surface area contributed by atoms with Crippen LogP contribution in [-0.2, 0) is 15.6 Å². The number of rotatable bonds is 11. The van der Waals surface area contributed by atoms with Gasteiger partial charge in [-0.15, -0.1) is 0 Å². The molecule has 45 heavy (non-hydrogen) atoms. The second-order valence-corrected chi connectivity index (χ2v) is 19.2. The van der Waals surface area contributed by atoms with E-state index in [4.69, 9.17) is 18.4 Å². The van der Waals surface area contributed by atoms with Crippen LogP contribution in [0.3, 0.4) is 0 Å². The molecule has 0 saturated heterocycles. The van der Waals surface area contributed by atoms with E-state index in [1.54, 1.807) is 12.4 Å². The van der Waals surface area contributed by atoms with Crippen molar-refractivity contribution < 1.29 is 33.1 Å². The van der Waals surface area contributed by atoms with Crippen molar-refractivity contribution in [3.63, 3.8) is 0 Å². The number of ketones is 2. The van der Waals surface area contributed by atoms with Gasteiger partial charge in [0.1, 0.15) is 17.1 Å². The molecule has 0 aliphatic heterocycles. The van der Waals surface area contributed by atoms with Crippen LogP contribution in [0.5, 0.6) is 11.6 Å². The van der Waals surface area contributed by atoms with Gasteiger partial charge in [0.05, 0.1) is 31.0 Å². The maximum atomic E-state index is 15.3. The highest BCUT2D eigenvalue weighted by Gasteiger charge is 2.68. The number of aromatic nitrogens is 2. The first-order valence-electron chi connectivity index (χ1n) is 16.3. The molecule has 3 aliphatic rings. The average molecular weight is 640 g/mol. The Kier molecular flexibility index (Phi) is 9.11. The lowest BCUT2D eigenvalue weighted by Crippen LogP contribution is -2.68. The number of carbonyl (C=O) groups is 2. The van der Waals surface area contributed by atoms with Gasteiger partial charge in [0, 0.05) is 17.7 Å². The molecular formula is C34H49N3O7Si. The molecule has 0 unspecified atom stereocenters. The highest BCUT2D eigenvalue weighted by atomic mass is 28.4. The highest BCUT2D eigenvalue weighted by Crippen LogP contribution is 2.58. The molecule has 5 rings (SSSR count). The van der Waals surface area contributed by atoms with E-state index < -0.39 is 37.4 Å². The smallest absolute Gasteiger partial charge is 0.265 e. The fourth-order valence-corrected chi connectivity index (χ4v) is 8.24. The van der Waals surface area contributed by atoms with Gasteiger partial charge in [-0.25, -0.2) is 0 Å². The van der Waals surface area contributed by atoms with Crippen LogP contribution >= 0.6 is 0 Å². The Morgan fingerprint density at radius 3 is 2.33 bits per heavy atom. The molecule has 11 heteroatoms. The van der Waals surface area contributed by atoms with Gasteiger partial charge in [0.15, 0.2) is 19.7 Å². The molecule has 0 radical (unpaired) electrons. The van der Waals surface area contributed by atoms with Crippen molar-refractivity contribution in [3.05, 3.63) is 40.4 Å². The number of aliphatic hydroxyl groups excluding tert-OH is 1. The quantitative estimate of drug-likeness (QED) is 0.161. The van der Waals surface area contributed by atoms with Gasteiger partial charge >= 0.3 is 0 Å². The van der Waals surface area contributed by atoms with Crippen molar-refractivity contribution >= 4 is 25.6 Å². The molecule has 4 atom stereocenters. The van der Waals surface area contributed by atoms with Crippen LogP contribution in [0.4, 0.5) is 0 Å². The van der Waals surface area contributed by atoms with E-state index in [-0.39, 0.29) is 33.7 Å². The second-order valence-electron chi connectivity index (χ2n) is 14.5. The third-order valence-corrected chi connectivity index (χ3v) is 14.6. The lowest BCUT2D eigenvalue weighted by atomic mass is 9.57. The summed E-state index contributed by atoms with van der Waals surface area (Å²) < 4.78 is 25.1. The molecule has 0 spiro atoms. The van der Waals surface area contributed by atoms with Gasteiger partial charge < -0.3 is 23.5 Å². The zero-order chi connectivity index (χ0) is 32.9. The molecule has 10 nitrogen and oxygen atoms in total. The summed E-state index contributed by atoms with van der Waals surface area (Å²) in [6.45, 7) is 15.3. The molecule has 2 aromatic heterocycles. The summed E-state index contributed by atoms with van der Waals surface area (Å²) >= 11 is 0. The zero-order valence-corrected chi connectivity index (χ0v) is 29.3. The first-order valence-corrected chi connectivity index (χ1v) is 19.2. The van der Waals surface area contributed by atoms with E-state index >= 15 is 9.59 Å². The number of fused-ring (bicyclic) bond motifs is 4. The minimum atomic E-state index is -2.78. The van der Waals surface area contributed by atoms with Crippen molar-refractivity contribution in [1.82, 2.24) is 15.0 Å². The fourth-order valence-electron chi connectivity index (χ4n) is 6.79. The van der Waals surface area contributed by atoms with E-state index in [9.17, 15) is 5.11 Å². The number of nitrogens with zero attached hydrogens (tertiary/aromatic N) is 3. The first kappa shape index (κ1) is 33.3. The fraction of sp³-hybridized carbons (Fsp3) is 0.647. The predicted molar refractivity (Wildman–Crippen MR) is 173 cm³/mol. The number of aliphatic hydroxyl groups is 1. The maximum Gasteiger partial charge on any atom is 0.265 e. The lowest BCUT2D eigenvalue weighted by molar-refractivity contribution is -0.140. The summed E-state index contributed by atoms with van der Waals surface area (Å²) in [5.41, 5.74) is -0.217. The molecular weight excluding hydrogens is 590 g/mol. The van der Waals surface area contributed by atoms with Crippen molar-refractivity contribution in [3.8, 4) is 11.6 Å². The molecule has 2 heterocycles. The minimum absolute atomic E-state index is 0.0896. The lowest BCUT2D eigenvalue weighted by Gasteiger charge is -2.55. The van der Waals surface area contributed by atoms with Crippen LogP contribution in [0.25, 0.3) is 5.76 Å². The Morgan fingerprint density at radius 1 is 1.04 bits per heavy atom. The SMILES string of the molecule is CCCCOc1cncc2c1C(O)=C1C(=O)[C@]3(O[Si](C)(C)C(C)(C)C)C(=O)c4c(OCCCC)noc4[C@@H](N(C)C)[C@@H]3C[C@@H]1C2. The summed E-state index contributed by atoms with van der Waals surface area (Å²) in [6.07, 6.45) is 7.70. The molecule has 1 saturated carbocycles. The standard InChI is InChI=1S/C34H49N3O7Si/c1-10-12-14-41-23-19-35-18-21-16-20-17-22-27(37(6)7)29-26(32(36-43-29)42-15-13-11-2)31(40)34(22,44-45(8,9)33(3,4)5)30(39)25(20)28(38)24(21)23/h18-20,22,27,38H,10-17H2,1-9H3/t20-,22-,27-,34-/m0/s1. The summed E-state index contributed by atoms with van der Waals surface area (Å²) in [5, 5.41) is 15.9. The Morgan fingerprint density at radius 2 is 1.71 bits per heavy atom. The van der Waals surface area contributed by atoms with E-state index in [1.165, 1.54) is 0 Å². The third-order valence-electron chi connectivity index (χ3n) is 10.2. The van der Waals surface area contributed by atoms with Gasteiger partial charge in [-0.05, 0) is 74.5 Å². The molecule has 246 valence electrons. The number of hydrogen-bond donors (Lipinski definition) is 1. The Bertz CT molecular complexity index is 1490. The summed E-state index contributed by atoms with van der Waals surface area (Å²) in [4.78, 5) is 36.7. The average Bonchev–Trinajstić information content (AvgIpc) is 3.37. The van der Waals surface area contributed by atoms with Crippen LogP contribution in [0.1, 0.15) is 100 Å². The molecule has 0 amide bonds. The summed E-state index contributed by atoms with van der Waals surface area (Å²) in [6, 6.07) is -0.491. The van der Waals surface area contributed by atoms with Crippen molar-refractivity contribution in [2.45, 2.75) is 103 Å². The largest absolute Gasteiger partial charge is 0.507 e. The van der Waals surface area contributed by atoms with Crippen LogP contribution in [0.15, 0.2) is 22.5 Å². The van der Waals surface area contributed by atoms with Gasteiger partial charge in [0.25, 0.3) is 5.88 Å².